The highest BCUT2D eigenvalue weighted by molar-refractivity contribution is 6.30. The van der Waals surface area contributed by atoms with Crippen molar-refractivity contribution in [1.82, 2.24) is 10.2 Å². The summed E-state index contributed by atoms with van der Waals surface area (Å²) in [5.74, 6) is -0.0958. The molecule has 1 fully saturated rings. The topological polar surface area (TPSA) is 52.7 Å². The summed E-state index contributed by atoms with van der Waals surface area (Å²) in [5.41, 5.74) is 1.71. The van der Waals surface area contributed by atoms with Gasteiger partial charge in [0.25, 0.3) is 5.91 Å². The molecule has 6 heteroatoms. The molecule has 1 N–H and O–H groups in total. The van der Waals surface area contributed by atoms with E-state index in [0.29, 0.717) is 18.7 Å². The lowest BCUT2D eigenvalue weighted by Crippen LogP contribution is -2.48. The van der Waals surface area contributed by atoms with Crippen LogP contribution in [0.1, 0.15) is 30.1 Å². The van der Waals surface area contributed by atoms with Gasteiger partial charge in [-0.2, -0.15) is 0 Å². The predicted octanol–water partition coefficient (Wildman–Crippen LogP) is 2.10. The highest BCUT2D eigenvalue weighted by Gasteiger charge is 2.26. The molecule has 23 heavy (non-hydrogen) atoms. The molecule has 0 radical (unpaired) electrons. The van der Waals surface area contributed by atoms with Crippen molar-refractivity contribution in [3.05, 3.63) is 29.8 Å². The Morgan fingerprint density at radius 1 is 1.22 bits per heavy atom. The first-order chi connectivity index (χ1) is 10.9. The summed E-state index contributed by atoms with van der Waals surface area (Å²) in [5, 5.41) is 2.56. The van der Waals surface area contributed by atoms with E-state index < -0.39 is 5.38 Å². The molecule has 1 aliphatic heterocycles. The molecule has 0 saturated carbocycles. The fraction of sp³-hybridized carbons (Fsp3) is 0.529. The van der Waals surface area contributed by atoms with Gasteiger partial charge in [0.2, 0.25) is 5.91 Å². The van der Waals surface area contributed by atoms with Crippen molar-refractivity contribution in [2.45, 2.75) is 31.2 Å². The van der Waals surface area contributed by atoms with Gasteiger partial charge >= 0.3 is 0 Å². The molecule has 2 rings (SSSR count). The Kier molecular flexibility index (Phi) is 5.88. The average molecular weight is 338 g/mol. The Morgan fingerprint density at radius 2 is 1.78 bits per heavy atom. The largest absolute Gasteiger partial charge is 0.378 e. The first-order valence-corrected chi connectivity index (χ1v) is 8.33. The van der Waals surface area contributed by atoms with Crippen molar-refractivity contribution in [3.8, 4) is 0 Å². The van der Waals surface area contributed by atoms with Crippen molar-refractivity contribution >= 4 is 29.1 Å². The number of alkyl halides is 1. The van der Waals surface area contributed by atoms with E-state index >= 15 is 0 Å². The Hall–Kier alpha value is -1.75. The lowest BCUT2D eigenvalue weighted by molar-refractivity contribution is -0.131. The second-order valence-corrected chi connectivity index (χ2v) is 6.78. The van der Waals surface area contributed by atoms with Crippen LogP contribution in [0.25, 0.3) is 0 Å². The second kappa shape index (κ2) is 7.68. The molecule has 126 valence electrons. The van der Waals surface area contributed by atoms with Crippen LogP contribution >= 0.6 is 11.6 Å². The average Bonchev–Trinajstić information content (AvgIpc) is 2.54. The van der Waals surface area contributed by atoms with Gasteiger partial charge in [0.1, 0.15) is 5.38 Å². The Labute approximate surface area is 142 Å². The first kappa shape index (κ1) is 17.6. The van der Waals surface area contributed by atoms with Crippen LogP contribution in [0.15, 0.2) is 24.3 Å². The minimum absolute atomic E-state index is 0.0317. The normalized spacial score (nSPS) is 16.8. The van der Waals surface area contributed by atoms with Crippen LogP contribution < -0.4 is 10.2 Å². The van der Waals surface area contributed by atoms with Crippen molar-refractivity contribution in [1.29, 1.82) is 0 Å². The van der Waals surface area contributed by atoms with Crippen LogP contribution in [0.2, 0.25) is 0 Å². The molecule has 1 atom stereocenters. The van der Waals surface area contributed by atoms with Gasteiger partial charge in [-0.1, -0.05) is 0 Å². The molecule has 0 aromatic heterocycles. The smallest absolute Gasteiger partial charge is 0.251 e. The van der Waals surface area contributed by atoms with Crippen LogP contribution in [-0.2, 0) is 4.79 Å². The van der Waals surface area contributed by atoms with E-state index in [4.69, 9.17) is 11.6 Å². The minimum Gasteiger partial charge on any atom is -0.378 e. The zero-order valence-corrected chi connectivity index (χ0v) is 14.6. The first-order valence-electron chi connectivity index (χ1n) is 7.89. The number of hydrogen-bond acceptors (Lipinski definition) is 3. The van der Waals surface area contributed by atoms with E-state index in [-0.39, 0.29) is 17.9 Å². The molecule has 1 unspecified atom stereocenters. The lowest BCUT2D eigenvalue weighted by atomic mass is 10.0. The number of nitrogens with one attached hydrogen (secondary N) is 1. The van der Waals surface area contributed by atoms with E-state index in [9.17, 15) is 9.59 Å². The molecule has 0 spiro atoms. The molecular weight excluding hydrogens is 314 g/mol. The standard InChI is InChI=1S/C17H24ClN3O2/c1-12(18)17(23)21-10-8-14(9-11-21)19-16(22)13-4-6-15(7-5-13)20(2)3/h4-7,12,14H,8-11H2,1-3H3,(H,19,22). The SMILES string of the molecule is CC(Cl)C(=O)N1CCC(NC(=O)c2ccc(N(C)C)cc2)CC1. The van der Waals surface area contributed by atoms with E-state index in [1.54, 1.807) is 11.8 Å². The molecule has 1 saturated heterocycles. The Morgan fingerprint density at radius 3 is 2.26 bits per heavy atom. The summed E-state index contributed by atoms with van der Waals surface area (Å²) < 4.78 is 0. The molecule has 2 amide bonds. The number of likely N-dealkylation sites (tertiary alicyclic amines) is 1. The zero-order chi connectivity index (χ0) is 17.0. The zero-order valence-electron chi connectivity index (χ0n) is 13.9. The number of nitrogens with zero attached hydrogens (tertiary/aromatic N) is 2. The van der Waals surface area contributed by atoms with E-state index in [1.165, 1.54) is 0 Å². The molecule has 1 heterocycles. The van der Waals surface area contributed by atoms with Gasteiger partial charge in [0.15, 0.2) is 0 Å². The minimum atomic E-state index is -0.489. The van der Waals surface area contributed by atoms with Gasteiger partial charge in [0.05, 0.1) is 0 Å². The summed E-state index contributed by atoms with van der Waals surface area (Å²) in [6, 6.07) is 7.62. The molecule has 0 bridgehead atoms. The van der Waals surface area contributed by atoms with Crippen molar-refractivity contribution in [2.75, 3.05) is 32.1 Å². The van der Waals surface area contributed by atoms with Crippen LogP contribution in [0.4, 0.5) is 5.69 Å². The maximum absolute atomic E-state index is 12.3. The molecule has 5 nitrogen and oxygen atoms in total. The number of carbonyl (C=O) groups is 2. The van der Waals surface area contributed by atoms with E-state index in [2.05, 4.69) is 5.32 Å². The summed E-state index contributed by atoms with van der Waals surface area (Å²) in [6.07, 6.45) is 1.52. The van der Waals surface area contributed by atoms with Crippen LogP contribution in [0.5, 0.6) is 0 Å². The monoisotopic (exact) mass is 337 g/mol. The maximum atomic E-state index is 12.3. The second-order valence-electron chi connectivity index (χ2n) is 6.13. The molecule has 0 aliphatic carbocycles. The van der Waals surface area contributed by atoms with Crippen molar-refractivity contribution in [3.63, 3.8) is 0 Å². The third kappa shape index (κ3) is 4.61. The number of benzene rings is 1. The molecule has 1 aliphatic rings. The number of anilines is 1. The highest BCUT2D eigenvalue weighted by Crippen LogP contribution is 2.15. The third-order valence-corrected chi connectivity index (χ3v) is 4.31. The van der Waals surface area contributed by atoms with Gasteiger partial charge in [-0.3, -0.25) is 9.59 Å². The molecule has 1 aromatic carbocycles. The predicted molar refractivity (Wildman–Crippen MR) is 93.2 cm³/mol. The highest BCUT2D eigenvalue weighted by atomic mass is 35.5. The van der Waals surface area contributed by atoms with Gasteiger partial charge in [-0.15, -0.1) is 11.6 Å². The molecular formula is C17H24ClN3O2. The van der Waals surface area contributed by atoms with Crippen molar-refractivity contribution < 1.29 is 9.59 Å². The summed E-state index contributed by atoms with van der Waals surface area (Å²) >= 11 is 5.83. The number of rotatable bonds is 4. The third-order valence-electron chi connectivity index (χ3n) is 4.13. The van der Waals surface area contributed by atoms with Crippen LogP contribution in [0.3, 0.4) is 0 Å². The summed E-state index contributed by atoms with van der Waals surface area (Å²) in [7, 11) is 3.93. The quantitative estimate of drug-likeness (QED) is 0.856. The number of amides is 2. The summed E-state index contributed by atoms with van der Waals surface area (Å²) in [4.78, 5) is 27.9. The van der Waals surface area contributed by atoms with E-state index in [1.807, 2.05) is 43.3 Å². The van der Waals surface area contributed by atoms with Crippen molar-refractivity contribution in [2.24, 2.45) is 0 Å². The maximum Gasteiger partial charge on any atom is 0.251 e. The summed E-state index contributed by atoms with van der Waals surface area (Å²) in [6.45, 7) is 2.97. The van der Waals surface area contributed by atoms with Gasteiger partial charge in [-0.25, -0.2) is 0 Å². The fourth-order valence-electron chi connectivity index (χ4n) is 2.68. The van der Waals surface area contributed by atoms with Gasteiger partial charge < -0.3 is 15.1 Å². The lowest BCUT2D eigenvalue weighted by Gasteiger charge is -2.33. The van der Waals surface area contributed by atoms with Crippen LogP contribution in [0, 0.1) is 0 Å². The number of piperidine rings is 1. The van der Waals surface area contributed by atoms with Crippen LogP contribution in [-0.4, -0.2) is 55.3 Å². The Balaban J connectivity index is 1.86. The Bertz CT molecular complexity index is 549. The fourth-order valence-corrected chi connectivity index (χ4v) is 2.81. The van der Waals surface area contributed by atoms with Gasteiger partial charge in [0, 0.05) is 44.5 Å². The van der Waals surface area contributed by atoms with E-state index in [0.717, 1.165) is 18.5 Å². The van der Waals surface area contributed by atoms with Gasteiger partial charge in [-0.05, 0) is 44.0 Å². The number of halogens is 1. The number of hydrogen-bond donors (Lipinski definition) is 1. The number of carbonyl (C=O) groups excluding carboxylic acids is 2. The molecule has 1 aromatic rings.